The molecule has 2 aromatic carbocycles. The van der Waals surface area contributed by atoms with Crippen LogP contribution in [0.4, 0.5) is 0 Å². The highest BCUT2D eigenvalue weighted by Gasteiger charge is 2.28. The predicted octanol–water partition coefficient (Wildman–Crippen LogP) is 5.60. The Labute approximate surface area is 199 Å². The monoisotopic (exact) mass is 480 g/mol. The summed E-state index contributed by atoms with van der Waals surface area (Å²) in [5.74, 6) is 0.612. The van der Waals surface area contributed by atoms with Crippen molar-refractivity contribution in [3.05, 3.63) is 69.7 Å². The third kappa shape index (κ3) is 8.06. The number of benzene rings is 2. The van der Waals surface area contributed by atoms with E-state index in [1.807, 2.05) is 51.1 Å². The summed E-state index contributed by atoms with van der Waals surface area (Å²) in [6, 6.07) is 14.9. The van der Waals surface area contributed by atoms with Crippen LogP contribution >= 0.6 is 35.0 Å². The van der Waals surface area contributed by atoms with Crippen molar-refractivity contribution in [2.75, 3.05) is 12.3 Å². The molecule has 0 saturated carbocycles. The molecule has 0 radical (unpaired) electrons. The van der Waals surface area contributed by atoms with Gasteiger partial charge in [-0.15, -0.1) is 11.8 Å². The van der Waals surface area contributed by atoms with E-state index in [2.05, 4.69) is 5.32 Å². The standard InChI is InChI=1S/C24H30Cl2N2O2S/c1-4-22(24(30)27-17(2)3)28(14-13-18-9-6-5-7-10-18)23(29)16-31-15-19-20(25)11-8-12-21(19)26/h5-12,17,22H,4,13-16H2,1-3H3,(H,27,30)/t22-/m0/s1. The Bertz CT molecular complexity index is 842. The van der Waals surface area contributed by atoms with Crippen LogP contribution in [0.25, 0.3) is 0 Å². The van der Waals surface area contributed by atoms with Crippen LogP contribution in [0.2, 0.25) is 10.0 Å². The van der Waals surface area contributed by atoms with Gasteiger partial charge in [-0.25, -0.2) is 0 Å². The average Bonchev–Trinajstić information content (AvgIpc) is 2.73. The summed E-state index contributed by atoms with van der Waals surface area (Å²) in [6.45, 7) is 6.26. The van der Waals surface area contributed by atoms with Gasteiger partial charge in [0.1, 0.15) is 6.04 Å². The maximum atomic E-state index is 13.2. The summed E-state index contributed by atoms with van der Waals surface area (Å²) in [7, 11) is 0. The molecule has 0 fully saturated rings. The summed E-state index contributed by atoms with van der Waals surface area (Å²) in [5.41, 5.74) is 1.96. The van der Waals surface area contributed by atoms with Crippen molar-refractivity contribution >= 4 is 46.8 Å². The lowest BCUT2D eigenvalue weighted by Gasteiger charge is -2.31. The zero-order valence-electron chi connectivity index (χ0n) is 18.2. The van der Waals surface area contributed by atoms with Crippen LogP contribution in [0.3, 0.4) is 0 Å². The molecule has 1 atom stereocenters. The molecule has 31 heavy (non-hydrogen) atoms. The van der Waals surface area contributed by atoms with Crippen LogP contribution in [0, 0.1) is 0 Å². The van der Waals surface area contributed by atoms with Gasteiger partial charge in [-0.3, -0.25) is 9.59 Å². The molecule has 0 heterocycles. The zero-order valence-corrected chi connectivity index (χ0v) is 20.6. The minimum absolute atomic E-state index is 0.0179. The van der Waals surface area contributed by atoms with Crippen LogP contribution in [-0.2, 0) is 21.8 Å². The Balaban J connectivity index is 2.09. The normalized spacial score (nSPS) is 11.9. The molecule has 168 valence electrons. The highest BCUT2D eigenvalue weighted by molar-refractivity contribution is 7.99. The van der Waals surface area contributed by atoms with E-state index >= 15 is 0 Å². The number of carbonyl (C=O) groups excluding carboxylic acids is 2. The fourth-order valence-electron chi connectivity index (χ4n) is 3.27. The van der Waals surface area contributed by atoms with E-state index in [0.29, 0.717) is 35.2 Å². The lowest BCUT2D eigenvalue weighted by atomic mass is 10.1. The number of thioether (sulfide) groups is 1. The lowest BCUT2D eigenvalue weighted by Crippen LogP contribution is -2.51. The van der Waals surface area contributed by atoms with E-state index < -0.39 is 6.04 Å². The molecule has 0 saturated heterocycles. The second kappa shape index (κ2) is 13.0. The molecule has 0 bridgehead atoms. The fourth-order valence-corrected chi connectivity index (χ4v) is 4.92. The van der Waals surface area contributed by atoms with Crippen LogP contribution in [0.1, 0.15) is 38.3 Å². The van der Waals surface area contributed by atoms with Crippen molar-refractivity contribution in [3.63, 3.8) is 0 Å². The molecule has 7 heteroatoms. The molecule has 2 rings (SSSR count). The first-order valence-electron chi connectivity index (χ1n) is 10.5. The maximum absolute atomic E-state index is 13.2. The highest BCUT2D eigenvalue weighted by Crippen LogP contribution is 2.28. The number of hydrogen-bond acceptors (Lipinski definition) is 3. The molecule has 0 aliphatic carbocycles. The quantitative estimate of drug-likeness (QED) is 0.455. The SMILES string of the molecule is CC[C@@H](C(=O)NC(C)C)N(CCc1ccccc1)C(=O)CSCc1c(Cl)cccc1Cl. The van der Waals surface area contributed by atoms with Crippen molar-refractivity contribution in [1.82, 2.24) is 10.2 Å². The van der Waals surface area contributed by atoms with E-state index in [-0.39, 0.29) is 23.6 Å². The van der Waals surface area contributed by atoms with Gasteiger partial charge in [-0.2, -0.15) is 0 Å². The second-order valence-electron chi connectivity index (χ2n) is 7.60. The Kier molecular flexibility index (Phi) is 10.7. The third-order valence-electron chi connectivity index (χ3n) is 4.83. The molecule has 0 aromatic heterocycles. The Morgan fingerprint density at radius 3 is 2.26 bits per heavy atom. The summed E-state index contributed by atoms with van der Waals surface area (Å²) < 4.78 is 0. The predicted molar refractivity (Wildman–Crippen MR) is 132 cm³/mol. The summed E-state index contributed by atoms with van der Waals surface area (Å²) in [5, 5.41) is 4.14. The van der Waals surface area contributed by atoms with E-state index in [0.717, 1.165) is 11.1 Å². The average molecular weight is 481 g/mol. The van der Waals surface area contributed by atoms with Gasteiger partial charge >= 0.3 is 0 Å². The number of hydrogen-bond donors (Lipinski definition) is 1. The van der Waals surface area contributed by atoms with Gasteiger partial charge in [-0.1, -0.05) is 66.5 Å². The fraction of sp³-hybridized carbons (Fsp3) is 0.417. The minimum atomic E-state index is -0.497. The van der Waals surface area contributed by atoms with Crippen molar-refractivity contribution in [2.24, 2.45) is 0 Å². The van der Waals surface area contributed by atoms with Crippen molar-refractivity contribution in [3.8, 4) is 0 Å². The van der Waals surface area contributed by atoms with Gasteiger partial charge in [0.2, 0.25) is 11.8 Å². The van der Waals surface area contributed by atoms with E-state index in [1.54, 1.807) is 23.1 Å². The van der Waals surface area contributed by atoms with Gasteiger partial charge < -0.3 is 10.2 Å². The molecule has 0 unspecified atom stereocenters. The molecule has 2 aromatic rings. The van der Waals surface area contributed by atoms with Crippen molar-refractivity contribution in [2.45, 2.75) is 51.4 Å². The Morgan fingerprint density at radius 2 is 1.68 bits per heavy atom. The summed E-state index contributed by atoms with van der Waals surface area (Å²) in [4.78, 5) is 27.7. The van der Waals surface area contributed by atoms with E-state index in [4.69, 9.17) is 23.2 Å². The molecule has 2 amide bonds. The summed E-state index contributed by atoms with van der Waals surface area (Å²) in [6.07, 6.45) is 1.25. The van der Waals surface area contributed by atoms with Gasteiger partial charge in [0.15, 0.2) is 0 Å². The molecule has 0 aliphatic heterocycles. The Morgan fingerprint density at radius 1 is 1.03 bits per heavy atom. The van der Waals surface area contributed by atoms with Gasteiger partial charge in [0, 0.05) is 28.4 Å². The molecular weight excluding hydrogens is 451 g/mol. The van der Waals surface area contributed by atoms with Crippen LogP contribution in [-0.4, -0.2) is 41.1 Å². The molecular formula is C24H30Cl2N2O2S. The molecule has 0 aliphatic rings. The number of amides is 2. The number of nitrogens with one attached hydrogen (secondary N) is 1. The van der Waals surface area contributed by atoms with Crippen LogP contribution in [0.5, 0.6) is 0 Å². The first-order valence-corrected chi connectivity index (χ1v) is 12.4. The van der Waals surface area contributed by atoms with Gasteiger partial charge in [-0.05, 0) is 49.9 Å². The van der Waals surface area contributed by atoms with Crippen LogP contribution < -0.4 is 5.32 Å². The minimum Gasteiger partial charge on any atom is -0.352 e. The Hall–Kier alpha value is -1.69. The lowest BCUT2D eigenvalue weighted by molar-refractivity contribution is -0.139. The molecule has 0 spiro atoms. The number of halogens is 2. The smallest absolute Gasteiger partial charge is 0.242 e. The van der Waals surface area contributed by atoms with Gasteiger partial charge in [0.25, 0.3) is 0 Å². The maximum Gasteiger partial charge on any atom is 0.242 e. The van der Waals surface area contributed by atoms with E-state index in [1.165, 1.54) is 11.8 Å². The van der Waals surface area contributed by atoms with E-state index in [9.17, 15) is 9.59 Å². The third-order valence-corrected chi connectivity index (χ3v) is 6.49. The van der Waals surface area contributed by atoms with Gasteiger partial charge in [0.05, 0.1) is 5.75 Å². The first kappa shape index (κ1) is 25.6. The molecule has 4 nitrogen and oxygen atoms in total. The zero-order chi connectivity index (χ0) is 22.8. The largest absolute Gasteiger partial charge is 0.352 e. The summed E-state index contributed by atoms with van der Waals surface area (Å²) >= 11 is 13.9. The highest BCUT2D eigenvalue weighted by atomic mass is 35.5. The van der Waals surface area contributed by atoms with Crippen molar-refractivity contribution in [1.29, 1.82) is 0 Å². The van der Waals surface area contributed by atoms with Crippen molar-refractivity contribution < 1.29 is 9.59 Å². The topological polar surface area (TPSA) is 49.4 Å². The number of nitrogens with zero attached hydrogens (tertiary/aromatic N) is 1. The number of carbonyl (C=O) groups is 2. The number of rotatable bonds is 11. The van der Waals surface area contributed by atoms with Crippen LogP contribution in [0.15, 0.2) is 48.5 Å². The molecule has 1 N–H and O–H groups in total. The first-order chi connectivity index (χ1) is 14.8. The second-order valence-corrected chi connectivity index (χ2v) is 9.40.